The predicted octanol–water partition coefficient (Wildman–Crippen LogP) is 1.14. The third-order valence-corrected chi connectivity index (χ3v) is 2.96. The first kappa shape index (κ1) is 10.6. The molecule has 1 atom stereocenters. The van der Waals surface area contributed by atoms with Crippen LogP contribution >= 0.6 is 11.3 Å². The van der Waals surface area contributed by atoms with E-state index in [1.807, 2.05) is 12.4 Å². The second-order valence-corrected chi connectivity index (χ2v) is 4.27. The maximum atomic E-state index is 5.51. The lowest BCUT2D eigenvalue weighted by molar-refractivity contribution is 0.523. The van der Waals surface area contributed by atoms with Gasteiger partial charge in [-0.15, -0.1) is 11.3 Å². The fourth-order valence-corrected chi connectivity index (χ4v) is 1.76. The molecule has 1 unspecified atom stereocenters. The Hall–Kier alpha value is -0.450. The second kappa shape index (κ2) is 5.32. The molecule has 3 N–H and O–H groups in total. The quantitative estimate of drug-likeness (QED) is 0.747. The first-order valence-electron chi connectivity index (χ1n) is 4.53. The lowest BCUT2D eigenvalue weighted by Gasteiger charge is -2.08. The Balaban J connectivity index is 2.24. The van der Waals surface area contributed by atoms with Gasteiger partial charge in [0.15, 0.2) is 0 Å². The highest BCUT2D eigenvalue weighted by molar-refractivity contribution is 7.09. The summed E-state index contributed by atoms with van der Waals surface area (Å²) in [4.78, 5) is 5.51. The zero-order chi connectivity index (χ0) is 9.68. The molecule has 0 spiro atoms. The maximum Gasteiger partial charge on any atom is 0.0798 e. The van der Waals surface area contributed by atoms with Crippen LogP contribution in [0.1, 0.15) is 17.5 Å². The molecule has 4 heteroatoms. The molecule has 0 aliphatic rings. The zero-order valence-electron chi connectivity index (χ0n) is 8.21. The number of nitrogens with zero attached hydrogens (tertiary/aromatic N) is 1. The molecule has 1 rings (SSSR count). The van der Waals surface area contributed by atoms with Gasteiger partial charge in [0.25, 0.3) is 0 Å². The highest BCUT2D eigenvalue weighted by Crippen LogP contribution is 2.11. The van der Waals surface area contributed by atoms with Gasteiger partial charge < -0.3 is 11.1 Å². The molecule has 0 saturated heterocycles. The number of hydrogen-bond donors (Lipinski definition) is 2. The van der Waals surface area contributed by atoms with E-state index in [4.69, 9.17) is 5.73 Å². The van der Waals surface area contributed by atoms with E-state index in [9.17, 15) is 0 Å². The van der Waals surface area contributed by atoms with Crippen LogP contribution in [0.25, 0.3) is 0 Å². The van der Waals surface area contributed by atoms with Crippen molar-refractivity contribution >= 4 is 11.3 Å². The normalized spacial score (nSPS) is 13.2. The molecule has 1 aromatic rings. The van der Waals surface area contributed by atoms with E-state index in [-0.39, 0.29) is 0 Å². The van der Waals surface area contributed by atoms with Gasteiger partial charge in [-0.05, 0) is 25.9 Å². The van der Waals surface area contributed by atoms with Crippen LogP contribution in [-0.2, 0) is 6.54 Å². The van der Waals surface area contributed by atoms with Crippen molar-refractivity contribution in [2.45, 2.75) is 20.4 Å². The van der Waals surface area contributed by atoms with Crippen molar-refractivity contribution in [1.82, 2.24) is 10.3 Å². The number of hydrogen-bond acceptors (Lipinski definition) is 4. The predicted molar refractivity (Wildman–Crippen MR) is 56.8 cm³/mol. The monoisotopic (exact) mass is 199 g/mol. The molecule has 0 aliphatic carbocycles. The SMILES string of the molecule is Cc1ncsc1CNCC(C)CN. The van der Waals surface area contributed by atoms with E-state index in [2.05, 4.69) is 17.2 Å². The molecular formula is C9H17N3S. The van der Waals surface area contributed by atoms with Crippen LogP contribution < -0.4 is 11.1 Å². The highest BCUT2D eigenvalue weighted by Gasteiger charge is 2.02. The van der Waals surface area contributed by atoms with Gasteiger partial charge in [0.2, 0.25) is 0 Å². The molecule has 13 heavy (non-hydrogen) atoms. The van der Waals surface area contributed by atoms with Gasteiger partial charge in [-0.2, -0.15) is 0 Å². The Morgan fingerprint density at radius 1 is 1.69 bits per heavy atom. The number of aryl methyl sites for hydroxylation is 1. The molecule has 0 bridgehead atoms. The fourth-order valence-electron chi connectivity index (χ4n) is 1.01. The van der Waals surface area contributed by atoms with Gasteiger partial charge in [-0.25, -0.2) is 4.98 Å². The van der Waals surface area contributed by atoms with Crippen molar-refractivity contribution in [3.8, 4) is 0 Å². The Bertz CT molecular complexity index is 247. The van der Waals surface area contributed by atoms with Crippen molar-refractivity contribution in [1.29, 1.82) is 0 Å². The van der Waals surface area contributed by atoms with Crippen molar-refractivity contribution in [3.63, 3.8) is 0 Å². The molecule has 74 valence electrons. The van der Waals surface area contributed by atoms with Gasteiger partial charge in [0, 0.05) is 11.4 Å². The van der Waals surface area contributed by atoms with Gasteiger partial charge in [-0.3, -0.25) is 0 Å². The van der Waals surface area contributed by atoms with Crippen LogP contribution in [-0.4, -0.2) is 18.1 Å². The van der Waals surface area contributed by atoms with Crippen LogP contribution in [0.15, 0.2) is 5.51 Å². The summed E-state index contributed by atoms with van der Waals surface area (Å²) in [7, 11) is 0. The lowest BCUT2D eigenvalue weighted by atomic mass is 10.2. The van der Waals surface area contributed by atoms with E-state index in [0.29, 0.717) is 5.92 Å². The van der Waals surface area contributed by atoms with E-state index in [0.717, 1.165) is 25.3 Å². The standard InChI is InChI=1S/C9H17N3S/c1-7(3-10)4-11-5-9-8(2)12-6-13-9/h6-7,11H,3-5,10H2,1-2H3. The van der Waals surface area contributed by atoms with E-state index >= 15 is 0 Å². The topological polar surface area (TPSA) is 50.9 Å². The molecule has 0 radical (unpaired) electrons. The van der Waals surface area contributed by atoms with Crippen LogP contribution in [0.3, 0.4) is 0 Å². The van der Waals surface area contributed by atoms with Crippen LogP contribution in [0.5, 0.6) is 0 Å². The van der Waals surface area contributed by atoms with Gasteiger partial charge in [0.05, 0.1) is 11.2 Å². The van der Waals surface area contributed by atoms with E-state index in [1.54, 1.807) is 11.3 Å². The van der Waals surface area contributed by atoms with Crippen molar-refractivity contribution in [2.24, 2.45) is 11.7 Å². The third-order valence-electron chi connectivity index (χ3n) is 2.03. The maximum absolute atomic E-state index is 5.51. The Morgan fingerprint density at radius 3 is 3.00 bits per heavy atom. The number of thiazole rings is 1. The van der Waals surface area contributed by atoms with Crippen LogP contribution in [0.4, 0.5) is 0 Å². The van der Waals surface area contributed by atoms with Crippen molar-refractivity contribution < 1.29 is 0 Å². The summed E-state index contributed by atoms with van der Waals surface area (Å²) >= 11 is 1.70. The number of nitrogens with one attached hydrogen (secondary N) is 1. The van der Waals surface area contributed by atoms with Gasteiger partial charge in [0.1, 0.15) is 0 Å². The fraction of sp³-hybridized carbons (Fsp3) is 0.667. The zero-order valence-corrected chi connectivity index (χ0v) is 9.03. The first-order chi connectivity index (χ1) is 6.24. The van der Waals surface area contributed by atoms with Gasteiger partial charge in [-0.1, -0.05) is 6.92 Å². The minimum absolute atomic E-state index is 0.549. The molecule has 3 nitrogen and oxygen atoms in total. The number of rotatable bonds is 5. The number of nitrogens with two attached hydrogens (primary N) is 1. The lowest BCUT2D eigenvalue weighted by Crippen LogP contribution is -2.25. The molecule has 0 fully saturated rings. The molecule has 0 amide bonds. The Kier molecular flexibility index (Phi) is 4.35. The number of aromatic nitrogens is 1. The first-order valence-corrected chi connectivity index (χ1v) is 5.41. The smallest absolute Gasteiger partial charge is 0.0798 e. The average Bonchev–Trinajstić information content (AvgIpc) is 2.52. The molecule has 1 aromatic heterocycles. The summed E-state index contributed by atoms with van der Waals surface area (Å²) in [5, 5.41) is 3.37. The van der Waals surface area contributed by atoms with Crippen molar-refractivity contribution in [2.75, 3.05) is 13.1 Å². The molecule has 0 aliphatic heterocycles. The van der Waals surface area contributed by atoms with E-state index < -0.39 is 0 Å². The second-order valence-electron chi connectivity index (χ2n) is 3.33. The summed E-state index contributed by atoms with van der Waals surface area (Å²) in [5.41, 5.74) is 8.54. The summed E-state index contributed by atoms with van der Waals surface area (Å²) in [6.07, 6.45) is 0. The van der Waals surface area contributed by atoms with Gasteiger partial charge >= 0.3 is 0 Å². The summed E-state index contributed by atoms with van der Waals surface area (Å²) < 4.78 is 0. The minimum Gasteiger partial charge on any atom is -0.330 e. The molecule has 0 saturated carbocycles. The van der Waals surface area contributed by atoms with Crippen LogP contribution in [0, 0.1) is 12.8 Å². The molecule has 0 aromatic carbocycles. The molecular weight excluding hydrogens is 182 g/mol. The molecule has 1 heterocycles. The summed E-state index contributed by atoms with van der Waals surface area (Å²) in [6, 6.07) is 0. The Labute approximate surface area is 83.4 Å². The summed E-state index contributed by atoms with van der Waals surface area (Å²) in [5.74, 6) is 0.549. The van der Waals surface area contributed by atoms with Crippen LogP contribution in [0.2, 0.25) is 0 Å². The van der Waals surface area contributed by atoms with E-state index in [1.165, 1.54) is 4.88 Å². The minimum atomic E-state index is 0.549. The average molecular weight is 199 g/mol. The third kappa shape index (κ3) is 3.42. The largest absolute Gasteiger partial charge is 0.330 e. The Morgan fingerprint density at radius 2 is 2.46 bits per heavy atom. The van der Waals surface area contributed by atoms with Crippen molar-refractivity contribution in [3.05, 3.63) is 16.1 Å². The highest BCUT2D eigenvalue weighted by atomic mass is 32.1. The summed E-state index contributed by atoms with van der Waals surface area (Å²) in [6.45, 7) is 6.83.